The number of carbonyl (C=O) groups is 1. The third kappa shape index (κ3) is 3.76. The lowest BCUT2D eigenvalue weighted by molar-refractivity contribution is -0.150. The van der Waals surface area contributed by atoms with E-state index in [1.54, 1.807) is 24.3 Å². The Balaban J connectivity index is 2.04. The van der Waals surface area contributed by atoms with E-state index in [1.165, 1.54) is 0 Å². The maximum atomic E-state index is 12.3. The van der Waals surface area contributed by atoms with Crippen LogP contribution in [0.15, 0.2) is 48.5 Å². The Morgan fingerprint density at radius 2 is 1.67 bits per heavy atom. The van der Waals surface area contributed by atoms with Crippen LogP contribution in [0.5, 0.6) is 0 Å². The second-order valence-corrected chi connectivity index (χ2v) is 5.89. The van der Waals surface area contributed by atoms with E-state index in [1.807, 2.05) is 38.1 Å². The van der Waals surface area contributed by atoms with Gasteiger partial charge < -0.3 is 10.5 Å². The first-order valence-corrected chi connectivity index (χ1v) is 7.05. The number of hydrogen-bond donors (Lipinski definition) is 1. The summed E-state index contributed by atoms with van der Waals surface area (Å²) in [4.78, 5) is 12.3. The van der Waals surface area contributed by atoms with Crippen LogP contribution in [-0.2, 0) is 21.6 Å². The molecule has 0 unspecified atom stereocenters. The minimum Gasteiger partial charge on any atom is -0.460 e. The smallest absolute Gasteiger partial charge is 0.316 e. The fraction of sp³-hybridized carbons (Fsp3) is 0.235. The molecule has 2 rings (SSSR count). The Hall–Kier alpha value is -2.00. The average Bonchev–Trinajstić information content (AvgIpc) is 2.46. The van der Waals surface area contributed by atoms with Crippen molar-refractivity contribution >= 4 is 23.3 Å². The van der Waals surface area contributed by atoms with Crippen LogP contribution in [0.4, 0.5) is 5.69 Å². The highest BCUT2D eigenvalue weighted by Gasteiger charge is 2.31. The van der Waals surface area contributed by atoms with E-state index in [0.717, 1.165) is 11.1 Å². The Morgan fingerprint density at radius 3 is 2.24 bits per heavy atom. The zero-order chi connectivity index (χ0) is 15.5. The molecule has 0 saturated carbocycles. The first-order valence-electron chi connectivity index (χ1n) is 6.67. The summed E-state index contributed by atoms with van der Waals surface area (Å²) in [5.74, 6) is -0.276. The second kappa shape index (κ2) is 6.19. The molecule has 2 aromatic carbocycles. The standard InChI is InChI=1S/C17H18ClNO2/c1-17(2,13-5-9-15(19)10-6-13)16(20)21-11-12-3-7-14(18)8-4-12/h3-10H,11,19H2,1-2H3. The lowest BCUT2D eigenvalue weighted by Gasteiger charge is -2.23. The molecule has 0 heterocycles. The van der Waals surface area contributed by atoms with Crippen molar-refractivity contribution in [2.45, 2.75) is 25.9 Å². The molecule has 0 fully saturated rings. The minimum absolute atomic E-state index is 0.231. The predicted molar refractivity (Wildman–Crippen MR) is 85.1 cm³/mol. The summed E-state index contributed by atoms with van der Waals surface area (Å²) in [7, 11) is 0. The fourth-order valence-corrected chi connectivity index (χ4v) is 2.05. The topological polar surface area (TPSA) is 52.3 Å². The van der Waals surface area contributed by atoms with Gasteiger partial charge in [0.05, 0.1) is 5.41 Å². The van der Waals surface area contributed by atoms with Gasteiger partial charge in [-0.05, 0) is 49.2 Å². The number of rotatable bonds is 4. The molecule has 0 aliphatic heterocycles. The number of nitrogen functional groups attached to an aromatic ring is 1. The molecular formula is C17H18ClNO2. The number of esters is 1. The molecule has 21 heavy (non-hydrogen) atoms. The molecule has 0 bridgehead atoms. The summed E-state index contributed by atoms with van der Waals surface area (Å²) >= 11 is 5.82. The summed E-state index contributed by atoms with van der Waals surface area (Å²) in [5, 5.41) is 0.660. The lowest BCUT2D eigenvalue weighted by atomic mass is 9.85. The Morgan fingerprint density at radius 1 is 1.10 bits per heavy atom. The highest BCUT2D eigenvalue weighted by Crippen LogP contribution is 2.26. The van der Waals surface area contributed by atoms with Crippen LogP contribution >= 0.6 is 11.6 Å². The van der Waals surface area contributed by atoms with Crippen molar-refractivity contribution in [1.82, 2.24) is 0 Å². The Kier molecular flexibility index (Phi) is 4.53. The van der Waals surface area contributed by atoms with Crippen LogP contribution in [0.2, 0.25) is 5.02 Å². The molecule has 110 valence electrons. The first-order chi connectivity index (χ1) is 9.89. The van der Waals surface area contributed by atoms with Gasteiger partial charge in [-0.1, -0.05) is 35.9 Å². The van der Waals surface area contributed by atoms with Gasteiger partial charge in [0.1, 0.15) is 6.61 Å². The van der Waals surface area contributed by atoms with Gasteiger partial charge in [-0.25, -0.2) is 0 Å². The molecule has 0 saturated heterocycles. The zero-order valence-corrected chi connectivity index (χ0v) is 12.9. The quantitative estimate of drug-likeness (QED) is 0.687. The Labute approximate surface area is 129 Å². The van der Waals surface area contributed by atoms with E-state index in [9.17, 15) is 4.79 Å². The van der Waals surface area contributed by atoms with E-state index in [-0.39, 0.29) is 12.6 Å². The second-order valence-electron chi connectivity index (χ2n) is 5.45. The minimum atomic E-state index is -0.722. The van der Waals surface area contributed by atoms with Crippen LogP contribution < -0.4 is 5.73 Å². The van der Waals surface area contributed by atoms with Crippen LogP contribution in [0.25, 0.3) is 0 Å². The van der Waals surface area contributed by atoms with Gasteiger partial charge in [-0.15, -0.1) is 0 Å². The van der Waals surface area contributed by atoms with Crippen LogP contribution in [0.3, 0.4) is 0 Å². The van der Waals surface area contributed by atoms with Gasteiger partial charge in [-0.3, -0.25) is 4.79 Å². The molecular weight excluding hydrogens is 286 g/mol. The monoisotopic (exact) mass is 303 g/mol. The molecule has 3 nitrogen and oxygen atoms in total. The molecule has 2 N–H and O–H groups in total. The van der Waals surface area contributed by atoms with Gasteiger partial charge in [0.25, 0.3) is 0 Å². The van der Waals surface area contributed by atoms with Crippen molar-refractivity contribution in [3.63, 3.8) is 0 Å². The van der Waals surface area contributed by atoms with Crippen molar-refractivity contribution in [1.29, 1.82) is 0 Å². The van der Waals surface area contributed by atoms with Crippen molar-refractivity contribution in [3.05, 3.63) is 64.7 Å². The lowest BCUT2D eigenvalue weighted by Crippen LogP contribution is -2.31. The van der Waals surface area contributed by atoms with Gasteiger partial charge in [-0.2, -0.15) is 0 Å². The van der Waals surface area contributed by atoms with Crippen molar-refractivity contribution in [3.8, 4) is 0 Å². The van der Waals surface area contributed by atoms with Crippen LogP contribution in [-0.4, -0.2) is 5.97 Å². The zero-order valence-electron chi connectivity index (χ0n) is 12.1. The number of ether oxygens (including phenoxy) is 1. The number of nitrogens with two attached hydrogens (primary N) is 1. The number of hydrogen-bond acceptors (Lipinski definition) is 3. The summed E-state index contributed by atoms with van der Waals surface area (Å²) in [6.45, 7) is 3.90. The molecule has 0 spiro atoms. The summed E-state index contributed by atoms with van der Waals surface area (Å²) in [6.07, 6.45) is 0. The fourth-order valence-electron chi connectivity index (χ4n) is 1.93. The third-order valence-corrected chi connectivity index (χ3v) is 3.68. The van der Waals surface area contributed by atoms with E-state index >= 15 is 0 Å². The van der Waals surface area contributed by atoms with Gasteiger partial charge in [0.15, 0.2) is 0 Å². The van der Waals surface area contributed by atoms with E-state index in [4.69, 9.17) is 22.1 Å². The highest BCUT2D eigenvalue weighted by atomic mass is 35.5. The van der Waals surface area contributed by atoms with Crippen molar-refractivity contribution < 1.29 is 9.53 Å². The third-order valence-electron chi connectivity index (χ3n) is 3.43. The highest BCUT2D eigenvalue weighted by molar-refractivity contribution is 6.30. The van der Waals surface area contributed by atoms with Crippen molar-refractivity contribution in [2.24, 2.45) is 0 Å². The Bertz CT molecular complexity index is 618. The van der Waals surface area contributed by atoms with E-state index in [0.29, 0.717) is 10.7 Å². The molecule has 2 aromatic rings. The molecule has 0 atom stereocenters. The maximum absolute atomic E-state index is 12.3. The molecule has 4 heteroatoms. The number of halogens is 1. The molecule has 0 amide bonds. The molecule has 0 aliphatic rings. The predicted octanol–water partition coefficient (Wildman–Crippen LogP) is 3.94. The van der Waals surface area contributed by atoms with Gasteiger partial charge >= 0.3 is 5.97 Å². The van der Waals surface area contributed by atoms with Crippen LogP contribution in [0.1, 0.15) is 25.0 Å². The summed E-state index contributed by atoms with van der Waals surface area (Å²) in [5.41, 5.74) is 7.39. The van der Waals surface area contributed by atoms with Crippen LogP contribution in [0, 0.1) is 0 Å². The normalized spacial score (nSPS) is 11.2. The molecule has 0 aromatic heterocycles. The van der Waals surface area contributed by atoms with Gasteiger partial charge in [0, 0.05) is 10.7 Å². The number of carbonyl (C=O) groups excluding carboxylic acids is 1. The summed E-state index contributed by atoms with van der Waals surface area (Å²) < 4.78 is 5.40. The average molecular weight is 304 g/mol. The van der Waals surface area contributed by atoms with E-state index < -0.39 is 5.41 Å². The SMILES string of the molecule is CC(C)(C(=O)OCc1ccc(Cl)cc1)c1ccc(N)cc1. The van der Waals surface area contributed by atoms with E-state index in [2.05, 4.69) is 0 Å². The molecule has 0 aliphatic carbocycles. The largest absolute Gasteiger partial charge is 0.460 e. The van der Waals surface area contributed by atoms with Gasteiger partial charge in [0.2, 0.25) is 0 Å². The van der Waals surface area contributed by atoms with Crippen molar-refractivity contribution in [2.75, 3.05) is 5.73 Å². The molecule has 0 radical (unpaired) electrons. The first kappa shape index (κ1) is 15.4. The number of anilines is 1. The summed E-state index contributed by atoms with van der Waals surface area (Å²) in [6, 6.07) is 14.5. The number of benzene rings is 2. The maximum Gasteiger partial charge on any atom is 0.316 e.